The quantitative estimate of drug-likeness (QED) is 0.0408. The molecule has 24 heteroatoms. The van der Waals surface area contributed by atoms with Crippen molar-refractivity contribution in [3.8, 4) is 11.4 Å². The lowest BCUT2D eigenvalue weighted by atomic mass is 9.87. The van der Waals surface area contributed by atoms with Crippen molar-refractivity contribution in [1.29, 1.82) is 0 Å². The van der Waals surface area contributed by atoms with Gasteiger partial charge in [-0.05, 0) is 74.4 Å². The Morgan fingerprint density at radius 2 is 1.59 bits per heavy atom. The molecule has 3 aromatic carbocycles. The molecule has 0 amide bonds. The van der Waals surface area contributed by atoms with Gasteiger partial charge in [0.1, 0.15) is 42.5 Å². The molecule has 0 spiro atoms. The number of halogens is 3. The lowest BCUT2D eigenvalue weighted by molar-refractivity contribution is -0.754. The molecular formula is C44H56ClF2N8O12P. The van der Waals surface area contributed by atoms with Crippen molar-refractivity contribution in [1.82, 2.24) is 24.1 Å². The molecule has 0 saturated carbocycles. The van der Waals surface area contributed by atoms with Gasteiger partial charge in [-0.3, -0.25) is 4.52 Å². The Balaban J connectivity index is 0.00000761. The molecule has 2 saturated heterocycles. The minimum atomic E-state index is -4.60. The molecule has 4 heterocycles. The molecule has 0 radical (unpaired) electrons. The first-order chi connectivity index (χ1) is 32.1. The van der Waals surface area contributed by atoms with Crippen LogP contribution in [0.3, 0.4) is 0 Å². The number of hydrogen-bond acceptors (Lipinski definition) is 14. The summed E-state index contributed by atoms with van der Waals surface area (Å²) in [4.78, 5) is 47.3. The smallest absolute Gasteiger partial charge is 0.511 e. The van der Waals surface area contributed by atoms with Gasteiger partial charge in [0.25, 0.3) is 6.33 Å². The van der Waals surface area contributed by atoms with Crippen molar-refractivity contribution in [3.05, 3.63) is 113 Å². The van der Waals surface area contributed by atoms with Crippen molar-refractivity contribution >= 4 is 25.4 Å². The second-order valence-electron chi connectivity index (χ2n) is 16.4. The Bertz CT molecular complexity index is 2520. The van der Waals surface area contributed by atoms with Crippen LogP contribution in [0.4, 0.5) is 25.0 Å². The fourth-order valence-electron chi connectivity index (χ4n) is 8.27. The highest BCUT2D eigenvalue weighted by molar-refractivity contribution is 7.46. The molecule has 68 heavy (non-hydrogen) atoms. The maximum absolute atomic E-state index is 15.4. The summed E-state index contributed by atoms with van der Waals surface area (Å²) in [6.45, 7) is 8.18. The van der Waals surface area contributed by atoms with Gasteiger partial charge < -0.3 is 60.8 Å². The van der Waals surface area contributed by atoms with Gasteiger partial charge in [-0.2, -0.15) is 9.67 Å². The first kappa shape index (κ1) is 51.9. The van der Waals surface area contributed by atoms with Gasteiger partial charge in [0.2, 0.25) is 12.6 Å². The first-order valence-electron chi connectivity index (χ1n) is 21.9. The van der Waals surface area contributed by atoms with E-state index < -0.39 is 49.6 Å². The summed E-state index contributed by atoms with van der Waals surface area (Å²) in [6, 6.07) is 18.7. The summed E-state index contributed by atoms with van der Waals surface area (Å²) in [7, 11) is -4.60. The van der Waals surface area contributed by atoms with Gasteiger partial charge in [-0.25, -0.2) is 32.2 Å². The van der Waals surface area contributed by atoms with Crippen LogP contribution in [0.2, 0.25) is 0 Å². The minimum absolute atomic E-state index is 0. The molecule has 2 aliphatic rings. The summed E-state index contributed by atoms with van der Waals surface area (Å²) in [5.41, 5.74) is 1.45. The van der Waals surface area contributed by atoms with E-state index in [1.165, 1.54) is 43.3 Å². The first-order valence-corrected chi connectivity index (χ1v) is 23.5. The maximum atomic E-state index is 15.4. The summed E-state index contributed by atoms with van der Waals surface area (Å²) >= 11 is 0. The molecule has 5 aromatic rings. The highest BCUT2D eigenvalue weighted by atomic mass is 35.5. The summed E-state index contributed by atoms with van der Waals surface area (Å²) in [5, 5.41) is 18.7. The largest absolute Gasteiger partial charge is 1.00 e. The number of phosphoric ester groups is 1. The number of aliphatic hydroxyl groups excluding tert-OH is 1. The zero-order valence-electron chi connectivity index (χ0n) is 37.8. The van der Waals surface area contributed by atoms with Crippen LogP contribution in [0.15, 0.2) is 90.5 Å². The van der Waals surface area contributed by atoms with Crippen molar-refractivity contribution in [2.24, 2.45) is 5.92 Å². The van der Waals surface area contributed by atoms with Gasteiger partial charge in [-0.15, -0.1) is 4.68 Å². The highest BCUT2D eigenvalue weighted by Gasteiger charge is 2.46. The predicted octanol–water partition coefficient (Wildman–Crippen LogP) is 1.27. The molecule has 1 unspecified atom stereocenters. The van der Waals surface area contributed by atoms with Crippen LogP contribution >= 0.6 is 7.82 Å². The highest BCUT2D eigenvalue weighted by Crippen LogP contribution is 2.42. The van der Waals surface area contributed by atoms with Crippen LogP contribution in [-0.2, 0) is 40.2 Å². The average molecular weight is 993 g/mol. The van der Waals surface area contributed by atoms with E-state index in [4.69, 9.17) is 33.5 Å². The molecule has 20 nitrogen and oxygen atoms in total. The fraction of sp³-hybridized carbons (Fsp3) is 0.477. The topological polar surface area (TPSA) is 218 Å². The normalized spacial score (nSPS) is 18.7. The Hall–Kier alpha value is -5.45. The Morgan fingerprint density at radius 1 is 0.941 bits per heavy atom. The fourth-order valence-corrected chi connectivity index (χ4v) is 8.58. The van der Waals surface area contributed by atoms with Crippen LogP contribution in [0, 0.1) is 17.6 Å². The maximum Gasteiger partial charge on any atom is 0.511 e. The molecular weight excluding hydrogens is 937 g/mol. The van der Waals surface area contributed by atoms with Crippen LogP contribution in [0.1, 0.15) is 51.4 Å². The number of piperazine rings is 1. The van der Waals surface area contributed by atoms with Crippen LogP contribution in [0.5, 0.6) is 5.75 Å². The number of carbonyl (C=O) groups is 1. The van der Waals surface area contributed by atoms with Crippen LogP contribution in [0.25, 0.3) is 5.69 Å². The third kappa shape index (κ3) is 13.2. The average Bonchev–Trinajstić information content (AvgIpc) is 4.05. The number of aliphatic hydroxyl groups is 1. The lowest BCUT2D eigenvalue weighted by Crippen LogP contribution is -3.00. The number of carbonyl (C=O) groups excluding carboxylic acids is 1. The standard InChI is InChI=1S/C44H55F2N8O12P.ClH/c1-4-41(31(2)55)54-42(56)53(29-48-54)37-8-6-35(7-9-37)49-15-17-50(18-16-49)36-10-12-38(13-11-36)63-25-33-24-44(64-26-33,39-14-5-34(45)23-40(39)46)27-52-30-51(28-47-52)32(3)66-43(57)62-21-19-61-20-22-65-67(58,59)60;/h5-14,23,28-33,41,55H,4,15-22,24-27H2,1-3H3,(H-,58,59,60);1H/t31-,32?,33+,41-,44-;/m0./s1. The van der Waals surface area contributed by atoms with E-state index >= 15 is 4.39 Å². The predicted molar refractivity (Wildman–Crippen MR) is 236 cm³/mol. The molecule has 7 rings (SSSR count). The minimum Gasteiger partial charge on any atom is -1.00 e. The second kappa shape index (κ2) is 23.2. The summed E-state index contributed by atoms with van der Waals surface area (Å²) in [6.07, 6.45) is 2.82. The molecule has 3 N–H and O–H groups in total. The SMILES string of the molecule is CC[C@@H]([C@H](C)O)n1ncn(-c2ccc(N3CCN(c4ccc(OC[C@@H]5CO[C@@](Cn6c[n+](C(C)OC(=O)OCCOCCOP(=O)(O)O)cn6)(c6ccc(F)cc6F)C5)cc4)CC3)cc2)c1=O.[Cl-]. The Labute approximate surface area is 397 Å². The van der Waals surface area contributed by atoms with E-state index in [1.54, 1.807) is 20.2 Å². The Morgan fingerprint density at radius 3 is 2.22 bits per heavy atom. The third-order valence-corrected chi connectivity index (χ3v) is 12.2. The number of hydrogen-bond donors (Lipinski definition) is 3. The summed E-state index contributed by atoms with van der Waals surface area (Å²) in [5.74, 6) is -0.974. The van der Waals surface area contributed by atoms with E-state index in [0.29, 0.717) is 24.3 Å². The number of phosphoric acid groups is 1. The van der Waals surface area contributed by atoms with Crippen molar-refractivity contribution in [3.63, 3.8) is 0 Å². The van der Waals surface area contributed by atoms with Gasteiger partial charge in [0.15, 0.2) is 0 Å². The van der Waals surface area contributed by atoms with Crippen molar-refractivity contribution in [2.45, 2.75) is 64.1 Å². The number of nitrogens with zero attached hydrogens (tertiary/aromatic N) is 8. The van der Waals surface area contributed by atoms with E-state index in [9.17, 15) is 23.7 Å². The molecule has 370 valence electrons. The molecule has 0 aliphatic carbocycles. The van der Waals surface area contributed by atoms with Gasteiger partial charge in [0, 0.05) is 67.1 Å². The molecule has 2 fully saturated rings. The van der Waals surface area contributed by atoms with E-state index in [2.05, 4.69) is 24.5 Å². The number of benzene rings is 3. The second-order valence-corrected chi connectivity index (χ2v) is 17.6. The van der Waals surface area contributed by atoms with Crippen LogP contribution < -0.4 is 37.2 Å². The van der Waals surface area contributed by atoms with Gasteiger partial charge in [-0.1, -0.05) is 13.0 Å². The van der Waals surface area contributed by atoms with E-state index in [-0.39, 0.29) is 75.8 Å². The molecule has 0 bridgehead atoms. The van der Waals surface area contributed by atoms with E-state index in [1.807, 2.05) is 55.5 Å². The number of aromatic nitrogens is 6. The van der Waals surface area contributed by atoms with Gasteiger partial charge in [0.05, 0.1) is 50.9 Å². The zero-order valence-corrected chi connectivity index (χ0v) is 39.4. The summed E-state index contributed by atoms with van der Waals surface area (Å²) < 4.78 is 78.3. The molecule has 2 aliphatic heterocycles. The van der Waals surface area contributed by atoms with Crippen molar-refractivity contribution in [2.75, 3.05) is 75.6 Å². The monoisotopic (exact) mass is 992 g/mol. The zero-order chi connectivity index (χ0) is 47.7. The Kier molecular flexibility index (Phi) is 17.7. The van der Waals surface area contributed by atoms with Crippen molar-refractivity contribution < 1.29 is 78.2 Å². The van der Waals surface area contributed by atoms with E-state index in [0.717, 1.165) is 43.6 Å². The number of ether oxygens (including phenoxy) is 5. The van der Waals surface area contributed by atoms with Gasteiger partial charge >= 0.3 is 19.7 Å². The molecule has 2 aromatic heterocycles. The third-order valence-electron chi connectivity index (χ3n) is 11.7. The number of anilines is 2. The van der Waals surface area contributed by atoms with Crippen LogP contribution in [-0.4, -0.2) is 117 Å². The molecule has 5 atom stereocenters. The number of rotatable bonds is 21. The lowest BCUT2D eigenvalue weighted by Gasteiger charge is -2.37.